The number of rotatable bonds is 3. The van der Waals surface area contributed by atoms with Crippen LogP contribution >= 0.6 is 0 Å². The van der Waals surface area contributed by atoms with Gasteiger partial charge in [-0.3, -0.25) is 0 Å². The smallest absolute Gasteiger partial charge is 0.162 e. The van der Waals surface area contributed by atoms with Crippen molar-refractivity contribution in [2.45, 2.75) is 19.4 Å². The van der Waals surface area contributed by atoms with Crippen LogP contribution in [0.4, 0.5) is 8.78 Å². The molecule has 1 N–H and O–H groups in total. The predicted octanol–water partition coefficient (Wildman–Crippen LogP) is 1.90. The second-order valence-electron chi connectivity index (χ2n) is 3.13. The van der Waals surface area contributed by atoms with Crippen molar-refractivity contribution in [1.82, 2.24) is 0 Å². The van der Waals surface area contributed by atoms with Crippen molar-refractivity contribution < 1.29 is 18.6 Å². The van der Waals surface area contributed by atoms with Gasteiger partial charge in [-0.25, -0.2) is 8.78 Å². The highest BCUT2D eigenvalue weighted by atomic mass is 19.2. The third-order valence-electron chi connectivity index (χ3n) is 1.84. The zero-order chi connectivity index (χ0) is 10.7. The quantitative estimate of drug-likeness (QED) is 0.811. The van der Waals surface area contributed by atoms with Crippen molar-refractivity contribution in [3.63, 3.8) is 0 Å². The molecular formula is C10H12F2O2. The molecule has 14 heavy (non-hydrogen) atoms. The topological polar surface area (TPSA) is 29.5 Å². The molecule has 0 aromatic heterocycles. The Morgan fingerprint density at radius 3 is 2.43 bits per heavy atom. The van der Waals surface area contributed by atoms with Crippen LogP contribution in [0.15, 0.2) is 12.1 Å². The maximum atomic E-state index is 12.8. The molecule has 0 heterocycles. The Morgan fingerprint density at radius 1 is 1.36 bits per heavy atom. The van der Waals surface area contributed by atoms with Crippen LogP contribution in [0, 0.1) is 11.6 Å². The molecule has 0 saturated carbocycles. The summed E-state index contributed by atoms with van der Waals surface area (Å²) in [5.41, 5.74) is 0.460. The highest BCUT2D eigenvalue weighted by molar-refractivity contribution is 5.35. The summed E-state index contributed by atoms with van der Waals surface area (Å²) in [7, 11) is 1.37. The van der Waals surface area contributed by atoms with Crippen LogP contribution in [0.2, 0.25) is 0 Å². The van der Waals surface area contributed by atoms with Gasteiger partial charge in [0, 0.05) is 12.5 Å². The Balaban J connectivity index is 3.07. The standard InChI is InChI=1S/C10H12F2O2/c1-6(13)3-7-4-8(11)9(12)5-10(7)14-2/h4-6,13H,3H2,1-2H3. The predicted molar refractivity (Wildman–Crippen MR) is 48.3 cm³/mol. The van der Waals surface area contributed by atoms with Crippen molar-refractivity contribution in [3.8, 4) is 5.75 Å². The number of methoxy groups -OCH3 is 1. The van der Waals surface area contributed by atoms with Gasteiger partial charge in [0.15, 0.2) is 11.6 Å². The summed E-state index contributed by atoms with van der Waals surface area (Å²) >= 11 is 0. The fourth-order valence-electron chi connectivity index (χ4n) is 1.24. The number of halogens is 2. The van der Waals surface area contributed by atoms with Crippen LogP contribution in [-0.4, -0.2) is 18.3 Å². The Bertz CT molecular complexity index is 324. The molecule has 0 saturated heterocycles. The minimum absolute atomic E-state index is 0.236. The van der Waals surface area contributed by atoms with Crippen molar-refractivity contribution in [3.05, 3.63) is 29.3 Å². The van der Waals surface area contributed by atoms with Gasteiger partial charge in [0.05, 0.1) is 13.2 Å². The fourth-order valence-corrected chi connectivity index (χ4v) is 1.24. The van der Waals surface area contributed by atoms with Crippen LogP contribution in [0.3, 0.4) is 0 Å². The van der Waals surface area contributed by atoms with Gasteiger partial charge in [-0.2, -0.15) is 0 Å². The highest BCUT2D eigenvalue weighted by Crippen LogP contribution is 2.23. The third kappa shape index (κ3) is 2.42. The molecule has 0 fully saturated rings. The summed E-state index contributed by atoms with van der Waals surface area (Å²) in [6.07, 6.45) is -0.380. The SMILES string of the molecule is COc1cc(F)c(F)cc1CC(C)O. The van der Waals surface area contributed by atoms with Crippen LogP contribution in [-0.2, 0) is 6.42 Å². The minimum atomic E-state index is -0.948. The molecule has 1 atom stereocenters. The summed E-state index contributed by atoms with van der Waals surface area (Å²) < 4.78 is 30.5. The lowest BCUT2D eigenvalue weighted by Gasteiger charge is -2.10. The van der Waals surface area contributed by atoms with E-state index in [9.17, 15) is 8.78 Å². The summed E-state index contributed by atoms with van der Waals surface area (Å²) in [5, 5.41) is 9.11. The van der Waals surface area contributed by atoms with E-state index in [4.69, 9.17) is 9.84 Å². The average molecular weight is 202 g/mol. The molecule has 1 aromatic rings. The first kappa shape index (κ1) is 10.9. The monoisotopic (exact) mass is 202 g/mol. The molecule has 0 aliphatic carbocycles. The first-order valence-electron chi connectivity index (χ1n) is 4.24. The van der Waals surface area contributed by atoms with Gasteiger partial charge in [-0.1, -0.05) is 0 Å². The summed E-state index contributed by atoms with van der Waals surface area (Å²) in [4.78, 5) is 0. The average Bonchev–Trinajstić information content (AvgIpc) is 2.10. The number of aliphatic hydroxyl groups excluding tert-OH is 1. The minimum Gasteiger partial charge on any atom is -0.496 e. The molecule has 1 rings (SSSR count). The molecule has 1 aromatic carbocycles. The molecule has 0 radical (unpaired) electrons. The molecule has 1 unspecified atom stereocenters. The number of hydrogen-bond donors (Lipinski definition) is 1. The number of ether oxygens (including phenoxy) is 1. The van der Waals surface area contributed by atoms with Crippen LogP contribution in [0.25, 0.3) is 0 Å². The fraction of sp³-hybridized carbons (Fsp3) is 0.400. The third-order valence-corrected chi connectivity index (χ3v) is 1.84. The lowest BCUT2D eigenvalue weighted by molar-refractivity contribution is 0.194. The van der Waals surface area contributed by atoms with E-state index < -0.39 is 17.7 Å². The van der Waals surface area contributed by atoms with E-state index in [1.165, 1.54) is 7.11 Å². The van der Waals surface area contributed by atoms with Crippen molar-refractivity contribution in [2.24, 2.45) is 0 Å². The van der Waals surface area contributed by atoms with Crippen molar-refractivity contribution >= 4 is 0 Å². The van der Waals surface area contributed by atoms with Crippen molar-refractivity contribution in [2.75, 3.05) is 7.11 Å². The molecule has 0 spiro atoms. The maximum absolute atomic E-state index is 12.8. The van der Waals surface area contributed by atoms with E-state index in [-0.39, 0.29) is 12.2 Å². The van der Waals surface area contributed by atoms with Gasteiger partial charge in [-0.15, -0.1) is 0 Å². The molecule has 0 aliphatic heterocycles. The largest absolute Gasteiger partial charge is 0.496 e. The number of hydrogen-bond acceptors (Lipinski definition) is 2. The van der Waals surface area contributed by atoms with Crippen LogP contribution in [0.5, 0.6) is 5.75 Å². The second-order valence-corrected chi connectivity index (χ2v) is 3.13. The van der Waals surface area contributed by atoms with E-state index in [1.54, 1.807) is 6.92 Å². The molecule has 78 valence electrons. The molecule has 4 heteroatoms. The lowest BCUT2D eigenvalue weighted by Crippen LogP contribution is -2.06. The van der Waals surface area contributed by atoms with Crippen LogP contribution in [0.1, 0.15) is 12.5 Å². The number of benzene rings is 1. The first-order valence-corrected chi connectivity index (χ1v) is 4.24. The summed E-state index contributed by atoms with van der Waals surface area (Å²) in [5.74, 6) is -1.62. The lowest BCUT2D eigenvalue weighted by atomic mass is 10.1. The van der Waals surface area contributed by atoms with E-state index in [1.807, 2.05) is 0 Å². The Labute approximate surface area is 81.1 Å². The molecule has 2 nitrogen and oxygen atoms in total. The first-order chi connectivity index (χ1) is 6.54. The van der Waals surface area contributed by atoms with Gasteiger partial charge < -0.3 is 9.84 Å². The van der Waals surface area contributed by atoms with E-state index >= 15 is 0 Å². The zero-order valence-electron chi connectivity index (χ0n) is 8.05. The Hall–Kier alpha value is -1.16. The van der Waals surface area contributed by atoms with E-state index in [0.717, 1.165) is 12.1 Å². The number of aliphatic hydroxyl groups is 1. The van der Waals surface area contributed by atoms with Gasteiger partial charge in [0.25, 0.3) is 0 Å². The van der Waals surface area contributed by atoms with Gasteiger partial charge in [0.2, 0.25) is 0 Å². The van der Waals surface area contributed by atoms with Gasteiger partial charge >= 0.3 is 0 Å². The summed E-state index contributed by atoms with van der Waals surface area (Å²) in [6.45, 7) is 1.57. The Kier molecular flexibility index (Phi) is 3.41. The molecular weight excluding hydrogens is 190 g/mol. The zero-order valence-corrected chi connectivity index (χ0v) is 8.05. The van der Waals surface area contributed by atoms with Gasteiger partial charge in [0.1, 0.15) is 5.75 Å². The highest BCUT2D eigenvalue weighted by Gasteiger charge is 2.11. The summed E-state index contributed by atoms with van der Waals surface area (Å²) in [6, 6.07) is 2.02. The van der Waals surface area contributed by atoms with Crippen LogP contribution < -0.4 is 4.74 Å². The molecule has 0 bridgehead atoms. The maximum Gasteiger partial charge on any atom is 0.162 e. The Morgan fingerprint density at radius 2 is 1.93 bits per heavy atom. The molecule has 0 aliphatic rings. The normalized spacial score (nSPS) is 12.6. The van der Waals surface area contributed by atoms with Gasteiger partial charge in [-0.05, 0) is 18.6 Å². The van der Waals surface area contributed by atoms with Crippen molar-refractivity contribution in [1.29, 1.82) is 0 Å². The molecule has 0 amide bonds. The van der Waals surface area contributed by atoms with E-state index in [2.05, 4.69) is 0 Å². The second kappa shape index (κ2) is 4.37. The van der Waals surface area contributed by atoms with E-state index in [0.29, 0.717) is 5.56 Å².